The van der Waals surface area contributed by atoms with Gasteiger partial charge in [0.05, 0.1) is 0 Å². The van der Waals surface area contributed by atoms with Gasteiger partial charge in [-0.25, -0.2) is 19.2 Å². The number of piperidine rings is 1. The molecule has 0 spiro atoms. The molecule has 2 rings (SSSR count). The molecule has 1 fully saturated rings. The van der Waals surface area contributed by atoms with Gasteiger partial charge in [0.25, 0.3) is 0 Å². The summed E-state index contributed by atoms with van der Waals surface area (Å²) in [4.78, 5) is 6.29. The van der Waals surface area contributed by atoms with Crippen LogP contribution in [0.2, 0.25) is 0 Å². The second kappa shape index (κ2) is 6.04. The molecule has 20 heavy (non-hydrogen) atoms. The van der Waals surface area contributed by atoms with E-state index in [1.165, 1.54) is 16.6 Å². The third kappa shape index (κ3) is 3.09. The summed E-state index contributed by atoms with van der Waals surface area (Å²) in [7, 11) is 0.132. The number of likely N-dealkylation sites (tertiary alicyclic amines) is 1. The molecule has 0 radical (unpaired) electrons. The van der Waals surface area contributed by atoms with Crippen molar-refractivity contribution in [2.24, 2.45) is 5.84 Å². The minimum atomic E-state index is -3.51. The van der Waals surface area contributed by atoms with Gasteiger partial charge >= 0.3 is 0 Å². The van der Waals surface area contributed by atoms with Gasteiger partial charge in [0.1, 0.15) is 10.7 Å². The van der Waals surface area contributed by atoms with E-state index in [1.807, 2.05) is 7.05 Å². The maximum absolute atomic E-state index is 12.6. The summed E-state index contributed by atoms with van der Waals surface area (Å²) in [6, 6.07) is 3.07. The van der Waals surface area contributed by atoms with Crippen LogP contribution in [0.4, 0.5) is 5.82 Å². The van der Waals surface area contributed by atoms with E-state index in [9.17, 15) is 8.42 Å². The van der Waals surface area contributed by atoms with Crippen molar-refractivity contribution in [2.75, 3.05) is 32.6 Å². The Hall–Kier alpha value is -1.22. The molecule has 7 nitrogen and oxygen atoms in total. The first-order valence-electron chi connectivity index (χ1n) is 6.54. The van der Waals surface area contributed by atoms with E-state index in [0.29, 0.717) is 5.82 Å². The molecule has 1 aliphatic rings. The lowest BCUT2D eigenvalue weighted by Gasteiger charge is -2.35. The van der Waals surface area contributed by atoms with Crippen molar-refractivity contribution in [1.29, 1.82) is 0 Å². The molecule has 112 valence electrons. The van der Waals surface area contributed by atoms with E-state index in [4.69, 9.17) is 5.84 Å². The number of hydrogen-bond donors (Lipinski definition) is 2. The maximum Gasteiger partial charge on any atom is 0.244 e. The van der Waals surface area contributed by atoms with Gasteiger partial charge < -0.3 is 10.3 Å². The van der Waals surface area contributed by atoms with Crippen molar-refractivity contribution in [2.45, 2.75) is 23.8 Å². The first-order valence-corrected chi connectivity index (χ1v) is 7.98. The van der Waals surface area contributed by atoms with Gasteiger partial charge in [0, 0.05) is 25.8 Å². The molecule has 0 amide bonds. The number of likely N-dealkylation sites (N-methyl/N-ethyl adjacent to an activating group) is 2. The van der Waals surface area contributed by atoms with Crippen LogP contribution in [0, 0.1) is 0 Å². The number of anilines is 1. The van der Waals surface area contributed by atoms with Crippen LogP contribution in [-0.4, -0.2) is 55.8 Å². The lowest BCUT2D eigenvalue weighted by Crippen LogP contribution is -2.47. The molecule has 1 unspecified atom stereocenters. The third-order valence-corrected chi connectivity index (χ3v) is 5.57. The second-order valence-electron chi connectivity index (χ2n) is 5.10. The number of hydrazine groups is 1. The highest BCUT2D eigenvalue weighted by atomic mass is 32.2. The lowest BCUT2D eigenvalue weighted by molar-refractivity contribution is 0.187. The van der Waals surface area contributed by atoms with Crippen LogP contribution >= 0.6 is 0 Å². The minimum absolute atomic E-state index is 0.00561. The number of sulfonamides is 1. The zero-order valence-corrected chi connectivity index (χ0v) is 12.6. The predicted octanol–water partition coefficient (Wildman–Crippen LogP) is 0.0819. The van der Waals surface area contributed by atoms with Crippen molar-refractivity contribution in [3.8, 4) is 0 Å². The van der Waals surface area contributed by atoms with Gasteiger partial charge in [-0.2, -0.15) is 4.31 Å². The standard InChI is InChI=1S/C12H21N5O2S/c1-16-7-3-4-10(9-16)17(2)20(18,19)11-5-6-12(15-13)14-8-11/h5-6,8,10H,3-4,7,9,13H2,1-2H3,(H,14,15). The quantitative estimate of drug-likeness (QED) is 0.604. The van der Waals surface area contributed by atoms with Gasteiger partial charge in [-0.1, -0.05) is 0 Å². The third-order valence-electron chi connectivity index (χ3n) is 3.68. The Morgan fingerprint density at radius 2 is 2.25 bits per heavy atom. The second-order valence-corrected chi connectivity index (χ2v) is 7.10. The largest absolute Gasteiger partial charge is 0.308 e. The molecule has 1 aliphatic heterocycles. The Kier molecular flexibility index (Phi) is 4.59. The van der Waals surface area contributed by atoms with Crippen LogP contribution in [0.15, 0.2) is 23.2 Å². The molecule has 1 aromatic heterocycles. The van der Waals surface area contributed by atoms with Gasteiger partial charge in [-0.15, -0.1) is 0 Å². The molecular weight excluding hydrogens is 278 g/mol. The molecule has 2 heterocycles. The molecule has 0 aromatic carbocycles. The van der Waals surface area contributed by atoms with E-state index in [2.05, 4.69) is 15.3 Å². The Balaban J connectivity index is 2.19. The molecule has 1 saturated heterocycles. The monoisotopic (exact) mass is 299 g/mol. The number of hydrogen-bond acceptors (Lipinski definition) is 6. The topological polar surface area (TPSA) is 91.6 Å². The van der Waals surface area contributed by atoms with E-state index in [1.54, 1.807) is 13.1 Å². The summed E-state index contributed by atoms with van der Waals surface area (Å²) >= 11 is 0. The van der Waals surface area contributed by atoms with Crippen LogP contribution in [-0.2, 0) is 10.0 Å². The van der Waals surface area contributed by atoms with E-state index in [-0.39, 0.29) is 10.9 Å². The Labute approximate surface area is 119 Å². The summed E-state index contributed by atoms with van der Waals surface area (Å²) in [5.41, 5.74) is 2.38. The van der Waals surface area contributed by atoms with Crippen molar-refractivity contribution < 1.29 is 8.42 Å². The van der Waals surface area contributed by atoms with Gasteiger partial charge in [0.2, 0.25) is 10.0 Å². The first-order chi connectivity index (χ1) is 9.45. The number of pyridine rings is 1. The van der Waals surface area contributed by atoms with Crippen LogP contribution in [0.1, 0.15) is 12.8 Å². The SMILES string of the molecule is CN1CCCC(N(C)S(=O)(=O)c2ccc(NN)nc2)C1. The summed E-state index contributed by atoms with van der Waals surface area (Å²) in [5, 5.41) is 0. The Morgan fingerprint density at radius 1 is 1.50 bits per heavy atom. The zero-order valence-electron chi connectivity index (χ0n) is 11.8. The van der Waals surface area contributed by atoms with Crippen LogP contribution in [0.25, 0.3) is 0 Å². The molecule has 1 aromatic rings. The predicted molar refractivity (Wildman–Crippen MR) is 77.5 cm³/mol. The van der Waals surface area contributed by atoms with Gasteiger partial charge in [-0.3, -0.25) is 0 Å². The highest BCUT2D eigenvalue weighted by Crippen LogP contribution is 2.21. The number of aromatic nitrogens is 1. The highest BCUT2D eigenvalue weighted by molar-refractivity contribution is 7.89. The van der Waals surface area contributed by atoms with Gasteiger partial charge in [0.15, 0.2) is 0 Å². The summed E-state index contributed by atoms with van der Waals surface area (Å²) < 4.78 is 26.6. The van der Waals surface area contributed by atoms with Crippen molar-refractivity contribution in [1.82, 2.24) is 14.2 Å². The minimum Gasteiger partial charge on any atom is -0.308 e. The van der Waals surface area contributed by atoms with Crippen LogP contribution < -0.4 is 11.3 Å². The fourth-order valence-electron chi connectivity index (χ4n) is 2.42. The molecule has 3 N–H and O–H groups in total. The zero-order chi connectivity index (χ0) is 14.8. The number of nitrogen functional groups attached to an aromatic ring is 1. The molecule has 8 heteroatoms. The first kappa shape index (κ1) is 15.2. The van der Waals surface area contributed by atoms with Crippen LogP contribution in [0.3, 0.4) is 0 Å². The summed E-state index contributed by atoms with van der Waals surface area (Å²) in [6.45, 7) is 1.77. The number of rotatable bonds is 4. The average Bonchev–Trinajstić information content (AvgIpc) is 2.46. The maximum atomic E-state index is 12.6. The number of nitrogens with two attached hydrogens (primary N) is 1. The molecule has 0 aliphatic carbocycles. The molecular formula is C12H21N5O2S. The molecule has 0 bridgehead atoms. The average molecular weight is 299 g/mol. The summed E-state index contributed by atoms with van der Waals surface area (Å²) in [5.74, 6) is 5.66. The fourth-order valence-corrected chi connectivity index (χ4v) is 3.74. The summed E-state index contributed by atoms with van der Waals surface area (Å²) in [6.07, 6.45) is 3.22. The van der Waals surface area contributed by atoms with Gasteiger partial charge in [-0.05, 0) is 38.6 Å². The van der Waals surface area contributed by atoms with E-state index < -0.39 is 10.0 Å². The van der Waals surface area contributed by atoms with E-state index in [0.717, 1.165) is 25.9 Å². The highest BCUT2D eigenvalue weighted by Gasteiger charge is 2.30. The Morgan fingerprint density at radius 3 is 2.80 bits per heavy atom. The van der Waals surface area contributed by atoms with Crippen LogP contribution in [0.5, 0.6) is 0 Å². The lowest BCUT2D eigenvalue weighted by atomic mass is 10.1. The Bertz CT molecular complexity index is 545. The number of nitrogens with one attached hydrogen (secondary N) is 1. The fraction of sp³-hybridized carbons (Fsp3) is 0.583. The normalized spacial score (nSPS) is 21.1. The molecule has 1 atom stereocenters. The van der Waals surface area contributed by atoms with Crippen molar-refractivity contribution in [3.63, 3.8) is 0 Å². The van der Waals surface area contributed by atoms with Crippen molar-refractivity contribution in [3.05, 3.63) is 18.3 Å². The van der Waals surface area contributed by atoms with Crippen molar-refractivity contribution >= 4 is 15.8 Å². The smallest absolute Gasteiger partial charge is 0.244 e. The molecule has 0 saturated carbocycles. The number of nitrogens with zero attached hydrogens (tertiary/aromatic N) is 3. The van der Waals surface area contributed by atoms with E-state index >= 15 is 0 Å².